The van der Waals surface area contributed by atoms with E-state index >= 15 is 0 Å². The summed E-state index contributed by atoms with van der Waals surface area (Å²) in [6.07, 6.45) is 4.78. The molecule has 0 bridgehead atoms. The van der Waals surface area contributed by atoms with E-state index in [1.807, 2.05) is 35.5 Å². The first-order chi connectivity index (χ1) is 17.6. The van der Waals surface area contributed by atoms with Crippen LogP contribution in [0.25, 0.3) is 11.0 Å². The first kappa shape index (κ1) is 26.0. The van der Waals surface area contributed by atoms with E-state index in [4.69, 9.17) is 29.3 Å². The quantitative estimate of drug-likeness (QED) is 0.501. The largest absolute Gasteiger partial charge is 0.483 e. The molecule has 0 aliphatic carbocycles. The van der Waals surface area contributed by atoms with Gasteiger partial charge in [0.1, 0.15) is 5.60 Å². The Morgan fingerprint density at radius 3 is 2.46 bits per heavy atom. The zero-order valence-electron chi connectivity index (χ0n) is 20.9. The first-order valence-electron chi connectivity index (χ1n) is 12.2. The number of imidazole rings is 1. The molecule has 10 heteroatoms. The van der Waals surface area contributed by atoms with E-state index in [2.05, 4.69) is 41.6 Å². The highest BCUT2D eigenvalue weighted by Crippen LogP contribution is 2.41. The maximum absolute atomic E-state index is 12.7. The number of carboxylic acid groups (broad SMARTS) is 2. The molecule has 2 aliphatic rings. The van der Waals surface area contributed by atoms with Gasteiger partial charge >= 0.3 is 11.9 Å². The van der Waals surface area contributed by atoms with Crippen LogP contribution in [0.15, 0.2) is 48.8 Å². The topological polar surface area (TPSA) is 131 Å². The van der Waals surface area contributed by atoms with Crippen molar-refractivity contribution in [2.24, 2.45) is 5.92 Å². The zero-order valence-corrected chi connectivity index (χ0v) is 20.9. The molecule has 196 valence electrons. The minimum atomic E-state index is -1.82. The molecule has 3 heterocycles. The maximum atomic E-state index is 12.7. The highest BCUT2D eigenvalue weighted by atomic mass is 16.5. The SMILES string of the molecule is CC1(C)Cc2cccc(OCC(=O)N3CCC(Cn4cnc5ccccc54)CC3)c2O1.O=C(O)C(=O)O. The second-order valence-electron chi connectivity index (χ2n) is 9.89. The Bertz CT molecular complexity index is 1280. The number of amides is 1. The van der Waals surface area contributed by atoms with E-state index in [1.165, 1.54) is 5.52 Å². The molecule has 0 radical (unpaired) electrons. The van der Waals surface area contributed by atoms with E-state index in [0.717, 1.165) is 55.7 Å². The number of carboxylic acids is 2. The van der Waals surface area contributed by atoms with Crippen molar-refractivity contribution in [2.75, 3.05) is 19.7 Å². The summed E-state index contributed by atoms with van der Waals surface area (Å²) in [6, 6.07) is 14.1. The summed E-state index contributed by atoms with van der Waals surface area (Å²) in [5, 5.41) is 14.8. The second-order valence-corrected chi connectivity index (χ2v) is 9.89. The average molecular weight is 510 g/mol. The monoisotopic (exact) mass is 509 g/mol. The number of ether oxygens (including phenoxy) is 2. The Labute approximate surface area is 214 Å². The number of carbonyl (C=O) groups is 3. The first-order valence-corrected chi connectivity index (χ1v) is 12.2. The van der Waals surface area contributed by atoms with Crippen molar-refractivity contribution in [3.05, 3.63) is 54.4 Å². The molecule has 1 aromatic heterocycles. The molecule has 0 saturated carbocycles. The van der Waals surface area contributed by atoms with Crippen molar-refractivity contribution in [2.45, 2.75) is 45.3 Å². The van der Waals surface area contributed by atoms with Gasteiger partial charge in [0.15, 0.2) is 18.1 Å². The second kappa shape index (κ2) is 10.9. The number of hydrogen-bond acceptors (Lipinski definition) is 6. The van der Waals surface area contributed by atoms with Crippen LogP contribution in [-0.2, 0) is 27.3 Å². The maximum Gasteiger partial charge on any atom is 0.414 e. The lowest BCUT2D eigenvalue weighted by Gasteiger charge is -2.32. The summed E-state index contributed by atoms with van der Waals surface area (Å²) in [5.74, 6) is -1.60. The Hall–Kier alpha value is -4.08. The van der Waals surface area contributed by atoms with Gasteiger partial charge in [-0.15, -0.1) is 0 Å². The van der Waals surface area contributed by atoms with Crippen LogP contribution in [0.1, 0.15) is 32.3 Å². The Kier molecular flexibility index (Phi) is 7.66. The van der Waals surface area contributed by atoms with E-state index < -0.39 is 11.9 Å². The van der Waals surface area contributed by atoms with Crippen LogP contribution in [0.4, 0.5) is 0 Å². The third kappa shape index (κ3) is 6.38. The van der Waals surface area contributed by atoms with Crippen LogP contribution in [0.2, 0.25) is 0 Å². The third-order valence-electron chi connectivity index (χ3n) is 6.54. The minimum absolute atomic E-state index is 0.0430. The number of para-hydroxylation sites is 3. The predicted molar refractivity (Wildman–Crippen MR) is 135 cm³/mol. The van der Waals surface area contributed by atoms with E-state index in [-0.39, 0.29) is 18.1 Å². The van der Waals surface area contributed by atoms with E-state index in [9.17, 15) is 4.79 Å². The van der Waals surface area contributed by atoms with Gasteiger partial charge in [-0.2, -0.15) is 0 Å². The summed E-state index contributed by atoms with van der Waals surface area (Å²) in [5.41, 5.74) is 3.12. The standard InChI is InChI=1S/C25H29N3O3.C2H2O4/c1-25(2)14-19-6-5-9-22(24(19)31-25)30-16-23(29)27-12-10-18(11-13-27)15-28-17-26-20-7-3-4-8-21(20)28;3-1(4)2(5)6/h3-9,17-18H,10-16H2,1-2H3;(H,3,4)(H,5,6). The number of aliphatic carboxylic acids is 2. The van der Waals surface area contributed by atoms with Gasteiger partial charge in [0.05, 0.1) is 17.4 Å². The molecule has 0 atom stereocenters. The van der Waals surface area contributed by atoms with Crippen molar-refractivity contribution in [3.8, 4) is 11.5 Å². The number of likely N-dealkylation sites (tertiary alicyclic amines) is 1. The van der Waals surface area contributed by atoms with Crippen molar-refractivity contribution < 1.29 is 34.1 Å². The van der Waals surface area contributed by atoms with Crippen molar-refractivity contribution in [3.63, 3.8) is 0 Å². The number of rotatable bonds is 5. The highest BCUT2D eigenvalue weighted by Gasteiger charge is 2.32. The molecule has 1 saturated heterocycles. The van der Waals surface area contributed by atoms with Crippen LogP contribution in [0.3, 0.4) is 0 Å². The highest BCUT2D eigenvalue weighted by molar-refractivity contribution is 6.27. The van der Waals surface area contributed by atoms with Gasteiger partial charge in [-0.25, -0.2) is 14.6 Å². The minimum Gasteiger partial charge on any atom is -0.483 e. The van der Waals surface area contributed by atoms with Crippen LogP contribution in [0, 0.1) is 5.92 Å². The molecule has 10 nitrogen and oxygen atoms in total. The van der Waals surface area contributed by atoms with Crippen molar-refractivity contribution in [1.82, 2.24) is 14.5 Å². The molecular formula is C27H31N3O7. The van der Waals surface area contributed by atoms with E-state index in [0.29, 0.717) is 11.7 Å². The number of aromatic nitrogens is 2. The summed E-state index contributed by atoms with van der Waals surface area (Å²) in [7, 11) is 0. The number of hydrogen-bond donors (Lipinski definition) is 2. The van der Waals surface area contributed by atoms with E-state index in [1.54, 1.807) is 0 Å². The predicted octanol–water partition coefficient (Wildman–Crippen LogP) is 3.22. The Balaban J connectivity index is 0.000000480. The normalized spacial score (nSPS) is 16.3. The molecule has 3 aromatic rings. The molecule has 2 aromatic carbocycles. The summed E-state index contributed by atoms with van der Waals surface area (Å²) >= 11 is 0. The fourth-order valence-corrected chi connectivity index (χ4v) is 4.73. The third-order valence-corrected chi connectivity index (χ3v) is 6.54. The summed E-state index contributed by atoms with van der Waals surface area (Å²) < 4.78 is 14.2. The van der Waals surface area contributed by atoms with Gasteiger partial charge < -0.3 is 29.2 Å². The van der Waals surface area contributed by atoms with Crippen molar-refractivity contribution in [1.29, 1.82) is 0 Å². The molecule has 5 rings (SSSR count). The molecule has 37 heavy (non-hydrogen) atoms. The smallest absolute Gasteiger partial charge is 0.414 e. The van der Waals surface area contributed by atoms with Crippen LogP contribution in [0.5, 0.6) is 11.5 Å². The summed E-state index contributed by atoms with van der Waals surface area (Å²) in [6.45, 7) is 6.68. The van der Waals surface area contributed by atoms with Gasteiger partial charge in [-0.1, -0.05) is 24.3 Å². The fourth-order valence-electron chi connectivity index (χ4n) is 4.73. The van der Waals surface area contributed by atoms with Crippen LogP contribution in [-0.4, -0.2) is 67.8 Å². The van der Waals surface area contributed by atoms with Crippen LogP contribution >= 0.6 is 0 Å². The lowest BCUT2D eigenvalue weighted by atomic mass is 9.96. The lowest BCUT2D eigenvalue weighted by molar-refractivity contribution is -0.159. The molecule has 0 unspecified atom stereocenters. The van der Waals surface area contributed by atoms with Crippen LogP contribution < -0.4 is 9.47 Å². The number of benzene rings is 2. The molecule has 2 aliphatic heterocycles. The molecule has 2 N–H and O–H groups in total. The Morgan fingerprint density at radius 2 is 1.76 bits per heavy atom. The molecular weight excluding hydrogens is 478 g/mol. The molecule has 1 amide bonds. The fraction of sp³-hybridized carbons (Fsp3) is 0.407. The van der Waals surface area contributed by atoms with Gasteiger partial charge in [0.2, 0.25) is 0 Å². The van der Waals surface area contributed by atoms with Gasteiger partial charge in [0, 0.05) is 31.6 Å². The molecule has 1 fully saturated rings. The zero-order chi connectivity index (χ0) is 26.6. The number of fused-ring (bicyclic) bond motifs is 2. The average Bonchev–Trinajstić information content (AvgIpc) is 3.42. The summed E-state index contributed by atoms with van der Waals surface area (Å²) in [4.78, 5) is 37.4. The van der Waals surface area contributed by atoms with Gasteiger partial charge in [-0.05, 0) is 50.8 Å². The van der Waals surface area contributed by atoms with Gasteiger partial charge in [-0.3, -0.25) is 4.79 Å². The molecule has 0 spiro atoms. The van der Waals surface area contributed by atoms with Gasteiger partial charge in [0.25, 0.3) is 5.91 Å². The number of nitrogens with zero attached hydrogens (tertiary/aromatic N) is 3. The lowest BCUT2D eigenvalue weighted by Crippen LogP contribution is -2.41. The van der Waals surface area contributed by atoms with Crippen molar-refractivity contribution >= 4 is 28.9 Å². The number of carbonyl (C=O) groups excluding carboxylic acids is 1. The number of piperidine rings is 1. The Morgan fingerprint density at radius 1 is 1.05 bits per heavy atom.